The van der Waals surface area contributed by atoms with Gasteiger partial charge in [0.25, 0.3) is 0 Å². The minimum atomic E-state index is -0.261. The van der Waals surface area contributed by atoms with E-state index in [4.69, 9.17) is 0 Å². The minimum Gasteiger partial charge on any atom is -0.336 e. The summed E-state index contributed by atoms with van der Waals surface area (Å²) >= 11 is 0. The van der Waals surface area contributed by atoms with Crippen LogP contribution in [0.5, 0.6) is 0 Å². The highest BCUT2D eigenvalue weighted by Gasteiger charge is 2.05. The van der Waals surface area contributed by atoms with Crippen molar-refractivity contribution in [2.24, 2.45) is 0 Å². The summed E-state index contributed by atoms with van der Waals surface area (Å²) in [4.78, 5) is 23.8. The Morgan fingerprint density at radius 1 is 0.958 bits per heavy atom. The molecule has 0 aliphatic carbocycles. The van der Waals surface area contributed by atoms with Crippen LogP contribution in [0.25, 0.3) is 6.08 Å². The van der Waals surface area contributed by atoms with Gasteiger partial charge in [-0.1, -0.05) is 35.9 Å². The van der Waals surface area contributed by atoms with Gasteiger partial charge in [-0.05, 0) is 56.7 Å². The number of ketones is 1. The molecule has 0 saturated carbocycles. The number of rotatable bonds is 5. The third kappa shape index (κ3) is 5.39. The van der Waals surface area contributed by atoms with E-state index >= 15 is 0 Å². The van der Waals surface area contributed by atoms with Gasteiger partial charge in [0.1, 0.15) is 0 Å². The van der Waals surface area contributed by atoms with Gasteiger partial charge in [0, 0.05) is 17.3 Å². The van der Waals surface area contributed by atoms with Crippen molar-refractivity contribution >= 4 is 23.6 Å². The lowest BCUT2D eigenvalue weighted by Gasteiger charge is -2.10. The molecule has 124 valence electrons. The molecule has 4 nitrogen and oxygen atoms in total. The first-order valence-corrected chi connectivity index (χ1v) is 7.91. The van der Waals surface area contributed by atoms with Crippen molar-refractivity contribution in [1.29, 1.82) is 0 Å². The molecule has 0 heterocycles. The van der Waals surface area contributed by atoms with E-state index in [2.05, 4.69) is 10.6 Å². The smallest absolute Gasteiger partial charge is 0.319 e. The van der Waals surface area contributed by atoms with Crippen molar-refractivity contribution in [3.8, 4) is 0 Å². The van der Waals surface area contributed by atoms with Crippen molar-refractivity contribution in [3.05, 3.63) is 71.3 Å². The molecule has 2 rings (SSSR count). The summed E-state index contributed by atoms with van der Waals surface area (Å²) in [7, 11) is 0. The number of urea groups is 1. The third-order valence-corrected chi connectivity index (χ3v) is 3.35. The fourth-order valence-corrected chi connectivity index (χ4v) is 2.09. The molecule has 4 heteroatoms. The molecule has 0 bridgehead atoms. The molecule has 0 saturated heterocycles. The van der Waals surface area contributed by atoms with Crippen LogP contribution in [-0.2, 0) is 0 Å². The summed E-state index contributed by atoms with van der Waals surface area (Å²) in [6, 6.07) is 14.6. The van der Waals surface area contributed by atoms with Crippen LogP contribution in [0, 0.1) is 6.92 Å². The number of benzene rings is 2. The number of hydrogen-bond acceptors (Lipinski definition) is 2. The zero-order chi connectivity index (χ0) is 17.5. The van der Waals surface area contributed by atoms with E-state index in [0.717, 1.165) is 5.56 Å². The number of aryl methyl sites for hydroxylation is 1. The van der Waals surface area contributed by atoms with Crippen LogP contribution in [-0.4, -0.2) is 17.9 Å². The molecule has 2 N–H and O–H groups in total. The van der Waals surface area contributed by atoms with Crippen LogP contribution in [0.15, 0.2) is 54.6 Å². The van der Waals surface area contributed by atoms with Gasteiger partial charge in [-0.2, -0.15) is 0 Å². The maximum absolute atomic E-state index is 12.2. The number of nitrogens with one attached hydrogen (secondary N) is 2. The second-order valence-electron chi connectivity index (χ2n) is 5.94. The number of hydrogen-bond donors (Lipinski definition) is 2. The number of anilines is 1. The molecule has 0 fully saturated rings. The van der Waals surface area contributed by atoms with Gasteiger partial charge in [0.2, 0.25) is 0 Å². The van der Waals surface area contributed by atoms with Gasteiger partial charge >= 0.3 is 6.03 Å². The molecule has 2 aromatic carbocycles. The molecule has 0 aliphatic rings. The maximum atomic E-state index is 12.2. The Hall–Kier alpha value is -2.88. The Morgan fingerprint density at radius 3 is 2.17 bits per heavy atom. The monoisotopic (exact) mass is 322 g/mol. The minimum absolute atomic E-state index is 0.0674. The second kappa shape index (κ2) is 8.11. The first-order chi connectivity index (χ1) is 11.4. The molecule has 0 aromatic heterocycles. The Morgan fingerprint density at radius 2 is 1.58 bits per heavy atom. The average Bonchev–Trinajstić information content (AvgIpc) is 2.54. The highest BCUT2D eigenvalue weighted by molar-refractivity contribution is 6.07. The standard InChI is InChI=1S/C20H22N2O2/c1-14(2)21-20(24)22-18-11-9-17(10-12-18)19(23)13-8-16-6-4-15(3)5-7-16/h4-14H,1-3H3,(H2,21,22,24). The number of carbonyl (C=O) groups is 2. The molecule has 0 radical (unpaired) electrons. The van der Waals surface area contributed by atoms with E-state index in [-0.39, 0.29) is 17.9 Å². The Labute approximate surface area is 142 Å². The van der Waals surface area contributed by atoms with Crippen molar-refractivity contribution < 1.29 is 9.59 Å². The summed E-state index contributed by atoms with van der Waals surface area (Å²) in [6.45, 7) is 5.80. The zero-order valence-corrected chi connectivity index (χ0v) is 14.2. The normalized spacial score (nSPS) is 10.8. The summed E-state index contributed by atoms with van der Waals surface area (Å²) in [6.07, 6.45) is 3.35. The van der Waals surface area contributed by atoms with E-state index in [1.54, 1.807) is 36.4 Å². The predicted octanol–water partition coefficient (Wildman–Crippen LogP) is 4.42. The Bertz CT molecular complexity index is 729. The summed E-state index contributed by atoms with van der Waals surface area (Å²) in [5, 5.41) is 5.47. The van der Waals surface area contributed by atoms with Crippen LogP contribution in [0.4, 0.5) is 10.5 Å². The molecule has 0 spiro atoms. The highest BCUT2D eigenvalue weighted by Crippen LogP contribution is 2.12. The third-order valence-electron chi connectivity index (χ3n) is 3.35. The highest BCUT2D eigenvalue weighted by atomic mass is 16.2. The van der Waals surface area contributed by atoms with Crippen LogP contribution in [0.2, 0.25) is 0 Å². The molecule has 2 aromatic rings. The van der Waals surface area contributed by atoms with Crippen molar-refractivity contribution in [1.82, 2.24) is 5.32 Å². The molecule has 0 atom stereocenters. The van der Waals surface area contributed by atoms with Crippen LogP contribution >= 0.6 is 0 Å². The van der Waals surface area contributed by atoms with E-state index in [1.165, 1.54) is 5.56 Å². The quantitative estimate of drug-likeness (QED) is 0.632. The van der Waals surface area contributed by atoms with Crippen molar-refractivity contribution in [3.63, 3.8) is 0 Å². The molecule has 0 aliphatic heterocycles. The topological polar surface area (TPSA) is 58.2 Å². The van der Waals surface area contributed by atoms with Gasteiger partial charge < -0.3 is 10.6 Å². The van der Waals surface area contributed by atoms with E-state index < -0.39 is 0 Å². The molecule has 2 amide bonds. The number of allylic oxidation sites excluding steroid dienone is 1. The van der Waals surface area contributed by atoms with Crippen LogP contribution in [0.3, 0.4) is 0 Å². The summed E-state index contributed by atoms with van der Waals surface area (Å²) in [5.74, 6) is -0.0752. The lowest BCUT2D eigenvalue weighted by Crippen LogP contribution is -2.34. The molecular formula is C20H22N2O2. The molecule has 0 unspecified atom stereocenters. The first-order valence-electron chi connectivity index (χ1n) is 7.91. The number of amides is 2. The van der Waals surface area contributed by atoms with Crippen LogP contribution in [0.1, 0.15) is 35.3 Å². The van der Waals surface area contributed by atoms with E-state index in [0.29, 0.717) is 11.3 Å². The Kier molecular flexibility index (Phi) is 5.90. The van der Waals surface area contributed by atoms with E-state index in [9.17, 15) is 9.59 Å². The van der Waals surface area contributed by atoms with Gasteiger partial charge in [-0.15, -0.1) is 0 Å². The van der Waals surface area contributed by atoms with Gasteiger partial charge in [-0.3, -0.25) is 4.79 Å². The van der Waals surface area contributed by atoms with E-state index in [1.807, 2.05) is 45.0 Å². The van der Waals surface area contributed by atoms with Crippen molar-refractivity contribution in [2.75, 3.05) is 5.32 Å². The molecule has 24 heavy (non-hydrogen) atoms. The second-order valence-corrected chi connectivity index (χ2v) is 5.94. The van der Waals surface area contributed by atoms with Gasteiger partial charge in [0.05, 0.1) is 0 Å². The fraction of sp³-hybridized carbons (Fsp3) is 0.200. The SMILES string of the molecule is Cc1ccc(C=CC(=O)c2ccc(NC(=O)NC(C)C)cc2)cc1. The van der Waals surface area contributed by atoms with Crippen LogP contribution < -0.4 is 10.6 Å². The van der Waals surface area contributed by atoms with Gasteiger partial charge in [0.15, 0.2) is 5.78 Å². The first kappa shape index (κ1) is 17.5. The predicted molar refractivity (Wildman–Crippen MR) is 98.3 cm³/mol. The molecular weight excluding hydrogens is 300 g/mol. The lowest BCUT2D eigenvalue weighted by molar-refractivity contribution is 0.104. The lowest BCUT2D eigenvalue weighted by atomic mass is 10.1. The van der Waals surface area contributed by atoms with Gasteiger partial charge in [-0.25, -0.2) is 4.79 Å². The maximum Gasteiger partial charge on any atom is 0.319 e. The van der Waals surface area contributed by atoms with Crippen molar-refractivity contribution in [2.45, 2.75) is 26.8 Å². The Balaban J connectivity index is 1.98. The summed E-state index contributed by atoms with van der Waals surface area (Å²) in [5.41, 5.74) is 3.39. The average molecular weight is 322 g/mol. The number of carbonyl (C=O) groups excluding carboxylic acids is 2. The fourth-order valence-electron chi connectivity index (χ4n) is 2.09. The largest absolute Gasteiger partial charge is 0.336 e. The summed E-state index contributed by atoms with van der Waals surface area (Å²) < 4.78 is 0. The zero-order valence-electron chi connectivity index (χ0n) is 14.2.